The van der Waals surface area contributed by atoms with Crippen molar-refractivity contribution < 1.29 is 17.9 Å². The second-order valence-corrected chi connectivity index (χ2v) is 9.36. The first-order chi connectivity index (χ1) is 15.5. The van der Waals surface area contributed by atoms with Gasteiger partial charge in [0.1, 0.15) is 6.61 Å². The normalized spacial score (nSPS) is 16.8. The van der Waals surface area contributed by atoms with E-state index in [-0.39, 0.29) is 24.6 Å². The molecule has 1 amide bonds. The Hall–Kier alpha value is -3.42. The number of nitrogens with zero attached hydrogens (tertiary/aromatic N) is 1. The summed E-state index contributed by atoms with van der Waals surface area (Å²) in [5.74, 6) is 0. The van der Waals surface area contributed by atoms with Crippen LogP contribution in [-0.2, 0) is 21.4 Å². The minimum Gasteiger partial charge on any atom is -0.445 e. The third kappa shape index (κ3) is 5.07. The lowest BCUT2D eigenvalue weighted by Crippen LogP contribution is -2.49. The van der Waals surface area contributed by atoms with E-state index >= 15 is 0 Å². The first-order valence-electron chi connectivity index (χ1n) is 10.3. The molecule has 1 aliphatic heterocycles. The largest absolute Gasteiger partial charge is 0.445 e. The van der Waals surface area contributed by atoms with E-state index in [1.165, 1.54) is 4.31 Å². The zero-order valence-corrected chi connectivity index (χ0v) is 18.2. The maximum atomic E-state index is 13.1. The van der Waals surface area contributed by atoms with Gasteiger partial charge in [-0.25, -0.2) is 13.2 Å². The molecule has 6 nitrogen and oxygen atoms in total. The lowest BCUT2D eigenvalue weighted by Gasteiger charge is -2.32. The molecule has 4 rings (SSSR count). The number of ether oxygens (including phenoxy) is 1. The van der Waals surface area contributed by atoms with Crippen LogP contribution in [0.2, 0.25) is 0 Å². The fourth-order valence-electron chi connectivity index (χ4n) is 3.64. The maximum absolute atomic E-state index is 13.1. The highest BCUT2D eigenvalue weighted by molar-refractivity contribution is 7.89. The molecule has 1 aliphatic rings. The minimum atomic E-state index is -3.69. The molecule has 164 valence electrons. The van der Waals surface area contributed by atoms with Crippen LogP contribution in [0.25, 0.3) is 5.57 Å². The first kappa shape index (κ1) is 21.8. The van der Waals surface area contributed by atoms with Crippen LogP contribution in [0.4, 0.5) is 4.79 Å². The predicted octanol–water partition coefficient (Wildman–Crippen LogP) is 4.07. The Morgan fingerprint density at radius 2 is 1.50 bits per heavy atom. The molecule has 1 unspecified atom stereocenters. The summed E-state index contributed by atoms with van der Waals surface area (Å²) in [6, 6.07) is 26.8. The maximum Gasteiger partial charge on any atom is 0.407 e. The monoisotopic (exact) mass is 448 g/mol. The number of amides is 1. The SMILES string of the molecule is O=C(NC1CN(S(=O)(=O)c2ccccc2)CC=C1c1ccccc1)OCc1ccccc1. The minimum absolute atomic E-state index is 0.110. The highest BCUT2D eigenvalue weighted by atomic mass is 32.2. The molecule has 0 aromatic heterocycles. The Morgan fingerprint density at radius 3 is 2.16 bits per heavy atom. The van der Waals surface area contributed by atoms with Crippen molar-refractivity contribution in [2.75, 3.05) is 13.1 Å². The van der Waals surface area contributed by atoms with Crippen LogP contribution < -0.4 is 5.32 Å². The summed E-state index contributed by atoms with van der Waals surface area (Å²) < 4.78 is 33.0. The van der Waals surface area contributed by atoms with Crippen molar-refractivity contribution in [3.05, 3.63) is 108 Å². The Morgan fingerprint density at radius 1 is 0.906 bits per heavy atom. The van der Waals surface area contributed by atoms with Gasteiger partial charge in [-0.2, -0.15) is 4.31 Å². The summed E-state index contributed by atoms with van der Waals surface area (Å²) in [6.07, 6.45) is 1.25. The van der Waals surface area contributed by atoms with Crippen molar-refractivity contribution in [1.29, 1.82) is 0 Å². The average molecular weight is 449 g/mol. The molecule has 0 saturated heterocycles. The molecule has 1 heterocycles. The van der Waals surface area contributed by atoms with Crippen molar-refractivity contribution in [1.82, 2.24) is 9.62 Å². The molecule has 0 bridgehead atoms. The van der Waals surface area contributed by atoms with Gasteiger partial charge in [-0.15, -0.1) is 0 Å². The lowest BCUT2D eigenvalue weighted by atomic mass is 9.96. The van der Waals surface area contributed by atoms with Crippen molar-refractivity contribution in [2.24, 2.45) is 0 Å². The second-order valence-electron chi connectivity index (χ2n) is 7.42. The summed E-state index contributed by atoms with van der Waals surface area (Å²) in [4.78, 5) is 12.8. The zero-order valence-electron chi connectivity index (χ0n) is 17.4. The molecule has 0 spiro atoms. The smallest absolute Gasteiger partial charge is 0.407 e. The number of carbonyl (C=O) groups is 1. The summed E-state index contributed by atoms with van der Waals surface area (Å²) in [5, 5.41) is 2.86. The van der Waals surface area contributed by atoms with E-state index in [2.05, 4.69) is 5.32 Å². The molecule has 1 N–H and O–H groups in total. The van der Waals surface area contributed by atoms with Crippen LogP contribution in [0.1, 0.15) is 11.1 Å². The molecule has 3 aromatic rings. The molecule has 0 saturated carbocycles. The highest BCUT2D eigenvalue weighted by Crippen LogP contribution is 2.26. The van der Waals surface area contributed by atoms with Gasteiger partial charge in [0.25, 0.3) is 0 Å². The molecule has 32 heavy (non-hydrogen) atoms. The quantitative estimate of drug-likeness (QED) is 0.617. The summed E-state index contributed by atoms with van der Waals surface area (Å²) >= 11 is 0. The van der Waals surface area contributed by atoms with Gasteiger partial charge in [-0.1, -0.05) is 84.9 Å². The molecule has 0 fully saturated rings. The number of sulfonamides is 1. The summed E-state index contributed by atoms with van der Waals surface area (Å²) in [5.41, 5.74) is 2.66. The van der Waals surface area contributed by atoms with Gasteiger partial charge in [0.2, 0.25) is 10.0 Å². The van der Waals surface area contributed by atoms with Gasteiger partial charge in [-0.3, -0.25) is 0 Å². The molecule has 0 radical (unpaired) electrons. The van der Waals surface area contributed by atoms with Gasteiger partial charge < -0.3 is 10.1 Å². The third-order valence-electron chi connectivity index (χ3n) is 5.27. The average Bonchev–Trinajstić information content (AvgIpc) is 2.84. The van der Waals surface area contributed by atoms with Crippen LogP contribution in [0.15, 0.2) is 102 Å². The van der Waals surface area contributed by atoms with E-state index in [4.69, 9.17) is 4.74 Å². The van der Waals surface area contributed by atoms with Crippen LogP contribution in [0.5, 0.6) is 0 Å². The van der Waals surface area contributed by atoms with Gasteiger partial charge >= 0.3 is 6.09 Å². The predicted molar refractivity (Wildman–Crippen MR) is 123 cm³/mol. The number of carbonyl (C=O) groups excluding carboxylic acids is 1. The Balaban J connectivity index is 1.54. The van der Waals surface area contributed by atoms with E-state index in [1.807, 2.05) is 66.7 Å². The fourth-order valence-corrected chi connectivity index (χ4v) is 5.05. The van der Waals surface area contributed by atoms with Gasteiger partial charge in [-0.05, 0) is 28.8 Å². The van der Waals surface area contributed by atoms with E-state index in [0.717, 1.165) is 16.7 Å². The van der Waals surface area contributed by atoms with E-state index in [1.54, 1.807) is 30.3 Å². The number of nitrogens with one attached hydrogen (secondary N) is 1. The number of hydrogen-bond donors (Lipinski definition) is 1. The van der Waals surface area contributed by atoms with Gasteiger partial charge in [0.05, 0.1) is 10.9 Å². The van der Waals surface area contributed by atoms with Crippen LogP contribution in [-0.4, -0.2) is 37.9 Å². The molecule has 1 atom stereocenters. The summed E-state index contributed by atoms with van der Waals surface area (Å²) in [6.45, 7) is 0.465. The van der Waals surface area contributed by atoms with Crippen LogP contribution in [0, 0.1) is 0 Å². The Kier molecular flexibility index (Phi) is 6.68. The molecular formula is C25H24N2O4S. The van der Waals surface area contributed by atoms with E-state index in [0.29, 0.717) is 0 Å². The van der Waals surface area contributed by atoms with Crippen LogP contribution >= 0.6 is 0 Å². The fraction of sp³-hybridized carbons (Fsp3) is 0.160. The van der Waals surface area contributed by atoms with E-state index in [9.17, 15) is 13.2 Å². The molecular weight excluding hydrogens is 424 g/mol. The highest BCUT2D eigenvalue weighted by Gasteiger charge is 2.32. The summed E-state index contributed by atoms with van der Waals surface area (Å²) in [7, 11) is -3.69. The topological polar surface area (TPSA) is 75.7 Å². The molecule has 0 aliphatic carbocycles. The van der Waals surface area contributed by atoms with E-state index < -0.39 is 22.2 Å². The standard InChI is InChI=1S/C25H24N2O4S/c28-25(31-19-20-10-4-1-5-11-20)26-24-18-27(32(29,30)22-14-8-3-9-15-22)17-16-23(24)21-12-6-2-7-13-21/h1-16,24H,17-19H2,(H,26,28). The number of alkyl carbamates (subject to hydrolysis) is 1. The van der Waals surface area contributed by atoms with Gasteiger partial charge in [0, 0.05) is 13.1 Å². The molecule has 7 heteroatoms. The Bertz CT molecular complexity index is 1180. The zero-order chi connectivity index (χ0) is 22.4. The van der Waals surface area contributed by atoms with Crippen LogP contribution in [0.3, 0.4) is 0 Å². The molecule has 3 aromatic carbocycles. The number of hydrogen-bond acceptors (Lipinski definition) is 4. The van der Waals surface area contributed by atoms with Crippen molar-refractivity contribution in [3.63, 3.8) is 0 Å². The van der Waals surface area contributed by atoms with Gasteiger partial charge in [0.15, 0.2) is 0 Å². The lowest BCUT2D eigenvalue weighted by molar-refractivity contribution is 0.136. The first-order valence-corrected chi connectivity index (χ1v) is 11.8. The van der Waals surface area contributed by atoms with Crippen molar-refractivity contribution >= 4 is 21.7 Å². The number of rotatable bonds is 6. The van der Waals surface area contributed by atoms with Crippen molar-refractivity contribution in [3.8, 4) is 0 Å². The number of benzene rings is 3. The third-order valence-corrected chi connectivity index (χ3v) is 7.12. The second kappa shape index (κ2) is 9.80. The van der Waals surface area contributed by atoms with Crippen molar-refractivity contribution in [2.45, 2.75) is 17.5 Å². The Labute approximate surface area is 188 Å².